The van der Waals surface area contributed by atoms with Crippen molar-refractivity contribution in [2.24, 2.45) is 0 Å². The van der Waals surface area contributed by atoms with Gasteiger partial charge in [-0.1, -0.05) is 48.5 Å². The number of cyclic esters (lactones) is 1. The third kappa shape index (κ3) is 1.61. The van der Waals surface area contributed by atoms with Crippen molar-refractivity contribution >= 4 is 17.6 Å². The van der Waals surface area contributed by atoms with Crippen molar-refractivity contribution in [1.82, 2.24) is 0 Å². The van der Waals surface area contributed by atoms with Crippen molar-refractivity contribution in [2.75, 3.05) is 0 Å². The van der Waals surface area contributed by atoms with Gasteiger partial charge in [-0.3, -0.25) is 0 Å². The second-order valence-corrected chi connectivity index (χ2v) is 3.94. The lowest BCUT2D eigenvalue weighted by atomic mass is 10.1. The molecule has 0 bridgehead atoms. The predicted molar refractivity (Wildman–Crippen MR) is 66.2 cm³/mol. The van der Waals surface area contributed by atoms with Crippen LogP contribution in [0.25, 0.3) is 11.6 Å². The van der Waals surface area contributed by atoms with Gasteiger partial charge >= 0.3 is 5.97 Å². The zero-order chi connectivity index (χ0) is 12.5. The molecule has 1 aliphatic heterocycles. The van der Waals surface area contributed by atoms with Crippen LogP contribution in [0.3, 0.4) is 0 Å². The Kier molecular flexibility index (Phi) is 2.45. The molecule has 0 unspecified atom stereocenters. The largest absolute Gasteiger partial charge is 0.419 e. The first-order chi connectivity index (χ1) is 8.77. The van der Waals surface area contributed by atoms with Gasteiger partial charge in [-0.2, -0.15) is 0 Å². The molecule has 1 aliphatic rings. The molecule has 18 heavy (non-hydrogen) atoms. The number of halogens is 1. The molecule has 0 amide bonds. The molecule has 0 saturated heterocycles. The molecule has 0 N–H and O–H groups in total. The fourth-order valence-electron chi connectivity index (χ4n) is 1.94. The first-order valence-electron chi connectivity index (χ1n) is 5.54. The van der Waals surface area contributed by atoms with Crippen LogP contribution >= 0.6 is 0 Å². The highest BCUT2D eigenvalue weighted by molar-refractivity contribution is 6.06. The van der Waals surface area contributed by atoms with Crippen molar-refractivity contribution in [2.45, 2.75) is 0 Å². The maximum absolute atomic E-state index is 14.3. The summed E-state index contributed by atoms with van der Waals surface area (Å²) in [5.74, 6) is -1.03. The van der Waals surface area contributed by atoms with Crippen LogP contribution in [0.1, 0.15) is 21.5 Å². The number of ether oxygens (including phenoxy) is 1. The monoisotopic (exact) mass is 240 g/mol. The van der Waals surface area contributed by atoms with Gasteiger partial charge in [0.1, 0.15) is 0 Å². The summed E-state index contributed by atoms with van der Waals surface area (Å²) in [6.45, 7) is 0. The first-order valence-corrected chi connectivity index (χ1v) is 5.54. The molecule has 0 spiro atoms. The third-order valence-electron chi connectivity index (χ3n) is 2.81. The molecule has 0 aromatic heterocycles. The highest BCUT2D eigenvalue weighted by atomic mass is 19.1. The van der Waals surface area contributed by atoms with Gasteiger partial charge in [0.2, 0.25) is 0 Å². The van der Waals surface area contributed by atoms with E-state index in [4.69, 9.17) is 4.74 Å². The molecule has 0 radical (unpaired) electrons. The number of carbonyl (C=O) groups is 1. The lowest BCUT2D eigenvalue weighted by Gasteiger charge is -2.02. The standard InChI is InChI=1S/C15H9FO2/c16-13(10-6-2-1-3-7-10)14-11-8-4-5-9-12(11)15(17)18-14/h1-9H/b14-13+. The predicted octanol–water partition coefficient (Wildman–Crippen LogP) is 3.65. The summed E-state index contributed by atoms with van der Waals surface area (Å²) in [5.41, 5.74) is 1.31. The summed E-state index contributed by atoms with van der Waals surface area (Å²) >= 11 is 0. The Morgan fingerprint density at radius 2 is 1.50 bits per heavy atom. The molecule has 2 aromatic carbocycles. The maximum Gasteiger partial charge on any atom is 0.344 e. The highest BCUT2D eigenvalue weighted by Crippen LogP contribution is 2.35. The highest BCUT2D eigenvalue weighted by Gasteiger charge is 2.29. The molecule has 1 heterocycles. The van der Waals surface area contributed by atoms with Gasteiger partial charge in [0.05, 0.1) is 5.56 Å². The van der Waals surface area contributed by atoms with Gasteiger partial charge in [-0.05, 0) is 6.07 Å². The van der Waals surface area contributed by atoms with Crippen LogP contribution in [0.2, 0.25) is 0 Å². The van der Waals surface area contributed by atoms with Gasteiger partial charge in [0.15, 0.2) is 11.6 Å². The van der Waals surface area contributed by atoms with Crippen LogP contribution in [0, 0.1) is 0 Å². The molecule has 0 saturated carbocycles. The smallest absolute Gasteiger partial charge is 0.344 e. The number of hydrogen-bond acceptors (Lipinski definition) is 2. The number of esters is 1. The van der Waals surface area contributed by atoms with E-state index < -0.39 is 11.8 Å². The van der Waals surface area contributed by atoms with Crippen molar-refractivity contribution in [3.63, 3.8) is 0 Å². The molecule has 0 atom stereocenters. The summed E-state index contributed by atoms with van der Waals surface area (Å²) in [6.07, 6.45) is 0. The van der Waals surface area contributed by atoms with E-state index >= 15 is 0 Å². The Labute approximate surface area is 103 Å². The van der Waals surface area contributed by atoms with E-state index in [2.05, 4.69) is 0 Å². The Bertz CT molecular complexity index is 645. The van der Waals surface area contributed by atoms with Gasteiger partial charge in [0.25, 0.3) is 0 Å². The molecular formula is C15H9FO2. The average Bonchev–Trinajstić information content (AvgIpc) is 2.77. The van der Waals surface area contributed by atoms with Gasteiger partial charge < -0.3 is 4.74 Å². The summed E-state index contributed by atoms with van der Waals surface area (Å²) in [6, 6.07) is 15.3. The van der Waals surface area contributed by atoms with Crippen LogP contribution in [-0.2, 0) is 4.74 Å². The Morgan fingerprint density at radius 3 is 2.22 bits per heavy atom. The van der Waals surface area contributed by atoms with Crippen molar-refractivity contribution in [3.8, 4) is 0 Å². The van der Waals surface area contributed by atoms with Gasteiger partial charge in [0, 0.05) is 11.1 Å². The Balaban J connectivity index is 2.17. The summed E-state index contributed by atoms with van der Waals surface area (Å²) < 4.78 is 19.3. The molecule has 2 nitrogen and oxygen atoms in total. The normalized spacial score (nSPS) is 16.2. The van der Waals surface area contributed by atoms with Gasteiger partial charge in [-0.25, -0.2) is 9.18 Å². The number of hydrogen-bond donors (Lipinski definition) is 0. The topological polar surface area (TPSA) is 26.3 Å². The Hall–Kier alpha value is -2.42. The number of benzene rings is 2. The second-order valence-electron chi connectivity index (χ2n) is 3.94. The SMILES string of the molecule is O=C1O/C(=C(/F)c2ccccc2)c2ccccc21. The van der Waals surface area contributed by atoms with Crippen molar-refractivity contribution < 1.29 is 13.9 Å². The van der Waals surface area contributed by atoms with E-state index in [1.54, 1.807) is 54.6 Å². The van der Waals surface area contributed by atoms with E-state index in [1.807, 2.05) is 0 Å². The van der Waals surface area contributed by atoms with Crippen LogP contribution in [-0.4, -0.2) is 5.97 Å². The average molecular weight is 240 g/mol. The van der Waals surface area contributed by atoms with Crippen LogP contribution < -0.4 is 0 Å². The third-order valence-corrected chi connectivity index (χ3v) is 2.81. The minimum absolute atomic E-state index is 0.00167. The van der Waals surface area contributed by atoms with Crippen molar-refractivity contribution in [3.05, 3.63) is 71.3 Å². The van der Waals surface area contributed by atoms with Crippen LogP contribution in [0.4, 0.5) is 4.39 Å². The minimum atomic E-state index is -0.520. The maximum atomic E-state index is 14.3. The van der Waals surface area contributed by atoms with E-state index in [0.717, 1.165) is 0 Å². The summed E-state index contributed by atoms with van der Waals surface area (Å²) in [4.78, 5) is 11.6. The Morgan fingerprint density at radius 1 is 0.889 bits per heavy atom. The number of carbonyl (C=O) groups excluding carboxylic acids is 1. The number of rotatable bonds is 1. The lowest BCUT2D eigenvalue weighted by Crippen LogP contribution is -1.92. The summed E-state index contributed by atoms with van der Waals surface area (Å²) in [7, 11) is 0. The first kappa shape index (κ1) is 10.7. The van der Waals surface area contributed by atoms with Crippen molar-refractivity contribution in [1.29, 1.82) is 0 Å². The molecule has 0 aliphatic carbocycles. The molecular weight excluding hydrogens is 231 g/mol. The molecule has 2 aromatic rings. The zero-order valence-electron chi connectivity index (χ0n) is 9.39. The van der Waals surface area contributed by atoms with E-state index in [1.165, 1.54) is 0 Å². The second kappa shape index (κ2) is 4.11. The van der Waals surface area contributed by atoms with E-state index in [-0.39, 0.29) is 5.76 Å². The fraction of sp³-hybridized carbons (Fsp3) is 0. The minimum Gasteiger partial charge on any atom is -0.419 e. The van der Waals surface area contributed by atoms with Crippen LogP contribution in [0.5, 0.6) is 0 Å². The molecule has 3 heteroatoms. The molecule has 3 rings (SSSR count). The number of fused-ring (bicyclic) bond motifs is 1. The van der Waals surface area contributed by atoms with Crippen LogP contribution in [0.15, 0.2) is 54.6 Å². The molecule has 88 valence electrons. The summed E-state index contributed by atoms with van der Waals surface area (Å²) in [5, 5.41) is 0. The van der Waals surface area contributed by atoms with E-state index in [0.29, 0.717) is 16.7 Å². The lowest BCUT2D eigenvalue weighted by molar-refractivity contribution is 0.0715. The zero-order valence-corrected chi connectivity index (χ0v) is 9.39. The van der Waals surface area contributed by atoms with E-state index in [9.17, 15) is 9.18 Å². The fourth-order valence-corrected chi connectivity index (χ4v) is 1.94. The van der Waals surface area contributed by atoms with Gasteiger partial charge in [-0.15, -0.1) is 0 Å². The quantitative estimate of drug-likeness (QED) is 0.711. The molecule has 0 fully saturated rings.